The van der Waals surface area contributed by atoms with Gasteiger partial charge in [-0.05, 0) is 49.4 Å². The van der Waals surface area contributed by atoms with Crippen molar-refractivity contribution in [2.45, 2.75) is 44.6 Å². The van der Waals surface area contributed by atoms with Crippen molar-refractivity contribution in [2.75, 3.05) is 17.6 Å². The number of nitrogens with one attached hydrogen (secondary N) is 1. The summed E-state index contributed by atoms with van der Waals surface area (Å²) in [5.41, 5.74) is 16.3. The zero-order valence-electron chi connectivity index (χ0n) is 14.2. The number of nitrogen functional groups attached to an aromatic ring is 1. The number of nitrogens with two attached hydrogens (primary N) is 2. The first-order valence-corrected chi connectivity index (χ1v) is 8.65. The van der Waals surface area contributed by atoms with Gasteiger partial charge >= 0.3 is 0 Å². The van der Waals surface area contributed by atoms with E-state index in [1.807, 2.05) is 6.92 Å². The van der Waals surface area contributed by atoms with E-state index in [9.17, 15) is 9.18 Å². The van der Waals surface area contributed by atoms with Crippen LogP contribution in [0.25, 0.3) is 0 Å². The minimum atomic E-state index is -0.456. The van der Waals surface area contributed by atoms with Gasteiger partial charge < -0.3 is 16.8 Å². The highest BCUT2D eigenvalue weighted by Crippen LogP contribution is 2.36. The number of fused-ring (bicyclic) bond motifs is 2. The van der Waals surface area contributed by atoms with Crippen LogP contribution in [0.4, 0.5) is 15.9 Å². The Balaban J connectivity index is 1.74. The molecule has 0 bridgehead atoms. The Hall–Kier alpha value is -2.41. The molecule has 0 saturated carbocycles. The summed E-state index contributed by atoms with van der Waals surface area (Å²) in [6.45, 7) is 2.49. The van der Waals surface area contributed by atoms with Crippen LogP contribution in [0.15, 0.2) is 12.1 Å². The lowest BCUT2D eigenvalue weighted by Gasteiger charge is -2.27. The van der Waals surface area contributed by atoms with Gasteiger partial charge in [0.1, 0.15) is 11.6 Å². The monoisotopic (exact) mass is 343 g/mol. The van der Waals surface area contributed by atoms with Gasteiger partial charge in [0.2, 0.25) is 0 Å². The van der Waals surface area contributed by atoms with Gasteiger partial charge in [0, 0.05) is 30.3 Å². The second-order valence-corrected chi connectivity index (χ2v) is 7.02. The lowest BCUT2D eigenvalue weighted by atomic mass is 9.88. The van der Waals surface area contributed by atoms with Crippen molar-refractivity contribution < 1.29 is 9.18 Å². The van der Waals surface area contributed by atoms with Gasteiger partial charge in [0.25, 0.3) is 5.91 Å². The normalized spacial score (nSPS) is 22.0. The van der Waals surface area contributed by atoms with Gasteiger partial charge in [-0.2, -0.15) is 9.78 Å². The third-order valence-electron chi connectivity index (χ3n) is 5.27. The van der Waals surface area contributed by atoms with Crippen LogP contribution in [0.5, 0.6) is 0 Å². The summed E-state index contributed by atoms with van der Waals surface area (Å²) in [6.07, 6.45) is 2.80. The molecule has 0 amide bonds. The molecule has 1 aromatic heterocycles. The number of hydrogen-bond acceptors (Lipinski definition) is 5. The number of carbonyl (C=O) groups excluding carboxylic acids is 1. The summed E-state index contributed by atoms with van der Waals surface area (Å²) >= 11 is 0. The topological polar surface area (TPSA) is 99.0 Å². The molecule has 7 heteroatoms. The number of halogens is 1. The molecule has 2 atom stereocenters. The number of aryl methyl sites for hydroxylation is 1. The van der Waals surface area contributed by atoms with Crippen molar-refractivity contribution in [3.8, 4) is 0 Å². The first-order chi connectivity index (χ1) is 12.0. The quantitative estimate of drug-likeness (QED) is 0.735. The zero-order chi connectivity index (χ0) is 17.7. The molecule has 0 spiro atoms. The molecule has 2 aromatic rings. The SMILES string of the molecule is Cc1cc(F)cc2c1NCCC2C(=O)n1nc2c(c1N)CC[C@@H](N)C2. The molecule has 1 aliphatic carbocycles. The van der Waals surface area contributed by atoms with E-state index in [4.69, 9.17) is 11.5 Å². The summed E-state index contributed by atoms with van der Waals surface area (Å²) in [4.78, 5) is 13.1. The minimum absolute atomic E-state index is 0.0571. The number of nitrogens with zero attached hydrogens (tertiary/aromatic N) is 2. The van der Waals surface area contributed by atoms with E-state index in [2.05, 4.69) is 10.4 Å². The van der Waals surface area contributed by atoms with Crippen LogP contribution in [0.1, 0.15) is 45.9 Å². The molecule has 2 aliphatic rings. The van der Waals surface area contributed by atoms with Gasteiger partial charge in [-0.15, -0.1) is 0 Å². The largest absolute Gasteiger partial charge is 0.385 e. The summed E-state index contributed by atoms with van der Waals surface area (Å²) < 4.78 is 15.2. The maximum Gasteiger partial charge on any atom is 0.256 e. The van der Waals surface area contributed by atoms with Crippen molar-refractivity contribution in [2.24, 2.45) is 5.73 Å². The zero-order valence-corrected chi connectivity index (χ0v) is 14.2. The molecule has 0 saturated heterocycles. The Kier molecular flexibility index (Phi) is 3.76. The van der Waals surface area contributed by atoms with Gasteiger partial charge in [0.15, 0.2) is 0 Å². The van der Waals surface area contributed by atoms with Crippen LogP contribution in [0.2, 0.25) is 0 Å². The molecular weight excluding hydrogens is 321 g/mol. The number of carbonyl (C=O) groups is 1. The maximum atomic E-state index is 13.9. The Labute approximate surface area is 145 Å². The molecule has 132 valence electrons. The predicted octanol–water partition coefficient (Wildman–Crippen LogP) is 1.97. The van der Waals surface area contributed by atoms with E-state index in [1.54, 1.807) is 0 Å². The van der Waals surface area contributed by atoms with Gasteiger partial charge in [-0.25, -0.2) is 4.39 Å². The lowest BCUT2D eigenvalue weighted by Crippen LogP contribution is -2.29. The van der Waals surface area contributed by atoms with Crippen LogP contribution in [-0.4, -0.2) is 28.3 Å². The summed E-state index contributed by atoms with van der Waals surface area (Å²) in [6, 6.07) is 2.97. The number of benzene rings is 1. The van der Waals surface area contributed by atoms with Crippen molar-refractivity contribution in [3.05, 3.63) is 40.3 Å². The molecule has 5 N–H and O–H groups in total. The highest BCUT2D eigenvalue weighted by Gasteiger charge is 2.32. The second kappa shape index (κ2) is 5.84. The van der Waals surface area contributed by atoms with Gasteiger partial charge in [0.05, 0.1) is 11.6 Å². The number of aromatic nitrogens is 2. The number of rotatable bonds is 1. The standard InChI is InChI=1S/C18H22FN5O/c1-9-6-10(19)7-14-12(4-5-22-16(9)14)18(25)24-17(21)13-3-2-11(20)8-15(13)23-24/h6-7,11-12,22H,2-5,8,20-21H2,1H3/t11-,12?/m1/s1. The third kappa shape index (κ3) is 2.59. The van der Waals surface area contributed by atoms with Crippen LogP contribution < -0.4 is 16.8 Å². The molecule has 1 aromatic carbocycles. The molecule has 1 unspecified atom stereocenters. The Bertz CT molecular complexity index is 860. The molecule has 0 fully saturated rings. The van der Waals surface area contributed by atoms with Gasteiger partial charge in [-0.3, -0.25) is 4.79 Å². The first kappa shape index (κ1) is 16.1. The van der Waals surface area contributed by atoms with E-state index in [0.717, 1.165) is 35.3 Å². The summed E-state index contributed by atoms with van der Waals surface area (Å²) in [7, 11) is 0. The number of hydrogen-bond donors (Lipinski definition) is 3. The molecule has 1 aliphatic heterocycles. The Morgan fingerprint density at radius 1 is 1.40 bits per heavy atom. The van der Waals surface area contributed by atoms with Crippen molar-refractivity contribution in [1.82, 2.24) is 9.78 Å². The highest BCUT2D eigenvalue weighted by molar-refractivity contribution is 5.90. The number of anilines is 2. The average molecular weight is 343 g/mol. The third-order valence-corrected chi connectivity index (χ3v) is 5.27. The van der Waals surface area contributed by atoms with Crippen LogP contribution in [-0.2, 0) is 12.8 Å². The van der Waals surface area contributed by atoms with Crippen molar-refractivity contribution in [3.63, 3.8) is 0 Å². The molecule has 2 heterocycles. The lowest BCUT2D eigenvalue weighted by molar-refractivity contribution is 0.0859. The molecule has 6 nitrogen and oxygen atoms in total. The van der Waals surface area contributed by atoms with Crippen LogP contribution in [0.3, 0.4) is 0 Å². The molecule has 4 rings (SSSR count). The van der Waals surface area contributed by atoms with E-state index < -0.39 is 5.92 Å². The second-order valence-electron chi connectivity index (χ2n) is 7.02. The Morgan fingerprint density at radius 2 is 2.20 bits per heavy atom. The fraction of sp³-hybridized carbons (Fsp3) is 0.444. The van der Waals surface area contributed by atoms with Crippen LogP contribution in [0, 0.1) is 12.7 Å². The van der Waals surface area contributed by atoms with E-state index in [-0.39, 0.29) is 17.8 Å². The average Bonchev–Trinajstić information content (AvgIpc) is 2.89. The molecule has 0 radical (unpaired) electrons. The minimum Gasteiger partial charge on any atom is -0.385 e. The van der Waals surface area contributed by atoms with Crippen LogP contribution >= 0.6 is 0 Å². The first-order valence-electron chi connectivity index (χ1n) is 8.65. The van der Waals surface area contributed by atoms with E-state index in [0.29, 0.717) is 30.8 Å². The fourth-order valence-corrected chi connectivity index (χ4v) is 3.98. The summed E-state index contributed by atoms with van der Waals surface area (Å²) in [5.74, 6) is -0.590. The van der Waals surface area contributed by atoms with Gasteiger partial charge in [-0.1, -0.05) is 0 Å². The van der Waals surface area contributed by atoms with Crippen molar-refractivity contribution >= 4 is 17.4 Å². The smallest absolute Gasteiger partial charge is 0.256 e. The Morgan fingerprint density at radius 3 is 3.00 bits per heavy atom. The van der Waals surface area contributed by atoms with Crippen molar-refractivity contribution in [1.29, 1.82) is 0 Å². The fourth-order valence-electron chi connectivity index (χ4n) is 3.98. The van der Waals surface area contributed by atoms with E-state index in [1.165, 1.54) is 16.8 Å². The predicted molar refractivity (Wildman–Crippen MR) is 94.3 cm³/mol. The molecule has 25 heavy (non-hydrogen) atoms. The highest BCUT2D eigenvalue weighted by atomic mass is 19.1. The maximum absolute atomic E-state index is 13.9. The molecular formula is C18H22FN5O. The van der Waals surface area contributed by atoms with E-state index >= 15 is 0 Å². The summed E-state index contributed by atoms with van der Waals surface area (Å²) in [5, 5.41) is 7.71.